The second kappa shape index (κ2) is 7.83. The molecule has 22 heavy (non-hydrogen) atoms. The van der Waals surface area contributed by atoms with Crippen LogP contribution in [0.5, 0.6) is 0 Å². The van der Waals surface area contributed by atoms with Crippen LogP contribution in [0.1, 0.15) is 25.8 Å². The number of rotatable bonds is 7. The zero-order chi connectivity index (χ0) is 16.9. The summed E-state index contributed by atoms with van der Waals surface area (Å²) in [5, 5.41) is 3.21. The third-order valence-corrected chi connectivity index (χ3v) is 4.78. The fourth-order valence-corrected chi connectivity index (χ4v) is 3.01. The van der Waals surface area contributed by atoms with E-state index in [1.807, 2.05) is 0 Å². The number of amides is 1. The van der Waals surface area contributed by atoms with Gasteiger partial charge in [0.15, 0.2) is 0 Å². The maximum atomic E-state index is 12.0. The van der Waals surface area contributed by atoms with E-state index in [1.54, 1.807) is 25.1 Å². The number of hydrogen-bond acceptors (Lipinski definition) is 3. The molecule has 0 heterocycles. The van der Waals surface area contributed by atoms with Crippen molar-refractivity contribution in [2.75, 3.05) is 23.7 Å². The molecule has 0 fully saturated rings. The molecule has 0 saturated heterocycles. The molecule has 0 spiro atoms. The molecule has 7 heteroatoms. The molecule has 124 valence electrons. The maximum Gasteiger partial charge on any atom is 0.240 e. The van der Waals surface area contributed by atoms with Crippen molar-refractivity contribution in [3.63, 3.8) is 0 Å². The van der Waals surface area contributed by atoms with E-state index in [4.69, 9.17) is 11.6 Å². The lowest BCUT2D eigenvalue weighted by atomic mass is 10.1. The Balaban J connectivity index is 2.92. The van der Waals surface area contributed by atoms with Crippen molar-refractivity contribution in [2.45, 2.75) is 27.2 Å². The average Bonchev–Trinajstić information content (AvgIpc) is 2.38. The Hall–Kier alpha value is -1.27. The second-order valence-electron chi connectivity index (χ2n) is 5.69. The predicted molar refractivity (Wildman–Crippen MR) is 90.8 cm³/mol. The van der Waals surface area contributed by atoms with Crippen LogP contribution in [0.4, 0.5) is 5.69 Å². The van der Waals surface area contributed by atoms with E-state index in [0.29, 0.717) is 28.7 Å². The Morgan fingerprint density at radius 2 is 2.00 bits per heavy atom. The van der Waals surface area contributed by atoms with E-state index in [-0.39, 0.29) is 12.5 Å². The van der Waals surface area contributed by atoms with Gasteiger partial charge in [-0.15, -0.1) is 0 Å². The third-order valence-electron chi connectivity index (χ3n) is 3.24. The van der Waals surface area contributed by atoms with Crippen LogP contribution in [0.2, 0.25) is 5.02 Å². The highest BCUT2D eigenvalue weighted by atomic mass is 35.5. The molecular weight excluding hydrogens is 324 g/mol. The highest BCUT2D eigenvalue weighted by molar-refractivity contribution is 7.92. The smallest absolute Gasteiger partial charge is 0.240 e. The number of sulfonamides is 1. The van der Waals surface area contributed by atoms with E-state index in [0.717, 1.165) is 17.0 Å². The van der Waals surface area contributed by atoms with E-state index in [9.17, 15) is 13.2 Å². The van der Waals surface area contributed by atoms with Crippen molar-refractivity contribution in [1.29, 1.82) is 0 Å². The van der Waals surface area contributed by atoms with Gasteiger partial charge in [-0.1, -0.05) is 31.5 Å². The molecule has 0 aliphatic carbocycles. The molecule has 0 bridgehead atoms. The molecule has 1 aromatic carbocycles. The Labute approximate surface area is 137 Å². The van der Waals surface area contributed by atoms with Gasteiger partial charge in [-0.25, -0.2) is 8.42 Å². The van der Waals surface area contributed by atoms with Gasteiger partial charge < -0.3 is 5.32 Å². The molecule has 0 aliphatic heterocycles. The van der Waals surface area contributed by atoms with Gasteiger partial charge in [0, 0.05) is 11.6 Å². The van der Waals surface area contributed by atoms with Crippen LogP contribution in [0.3, 0.4) is 0 Å². The highest BCUT2D eigenvalue weighted by Crippen LogP contribution is 2.27. The largest absolute Gasteiger partial charge is 0.355 e. The first-order chi connectivity index (χ1) is 10.1. The van der Waals surface area contributed by atoms with Gasteiger partial charge in [0.2, 0.25) is 15.9 Å². The summed E-state index contributed by atoms with van der Waals surface area (Å²) in [5.74, 6) is 0.145. The summed E-state index contributed by atoms with van der Waals surface area (Å²) in [5.41, 5.74) is 1.05. The van der Waals surface area contributed by atoms with Gasteiger partial charge in [-0.05, 0) is 37.0 Å². The Morgan fingerprint density at radius 3 is 2.55 bits per heavy atom. The predicted octanol–water partition coefficient (Wildman–Crippen LogP) is 2.58. The Bertz CT molecular complexity index is 630. The summed E-state index contributed by atoms with van der Waals surface area (Å²) < 4.78 is 25.1. The molecule has 1 amide bonds. The topological polar surface area (TPSA) is 66.5 Å². The van der Waals surface area contributed by atoms with E-state index in [2.05, 4.69) is 19.2 Å². The van der Waals surface area contributed by atoms with Crippen LogP contribution in [-0.4, -0.2) is 33.7 Å². The number of hydrogen-bond donors (Lipinski definition) is 1. The minimum Gasteiger partial charge on any atom is -0.355 e. The lowest BCUT2D eigenvalue weighted by Crippen LogP contribution is -2.41. The first-order valence-corrected chi connectivity index (χ1v) is 9.35. The van der Waals surface area contributed by atoms with Crippen LogP contribution >= 0.6 is 11.6 Å². The SMILES string of the molecule is Cc1c(Cl)cccc1N(CC(=O)NCCC(C)C)S(C)(=O)=O. The molecule has 1 rings (SSSR count). The van der Waals surface area contributed by atoms with Crippen molar-refractivity contribution in [2.24, 2.45) is 5.92 Å². The molecule has 0 unspecified atom stereocenters. The molecule has 1 N–H and O–H groups in total. The highest BCUT2D eigenvalue weighted by Gasteiger charge is 2.22. The quantitative estimate of drug-likeness (QED) is 0.825. The zero-order valence-electron chi connectivity index (χ0n) is 13.4. The summed E-state index contributed by atoms with van der Waals surface area (Å²) in [7, 11) is -3.58. The van der Waals surface area contributed by atoms with Crippen molar-refractivity contribution in [3.05, 3.63) is 28.8 Å². The summed E-state index contributed by atoms with van der Waals surface area (Å²) >= 11 is 6.04. The molecule has 0 aliphatic rings. The number of nitrogens with one attached hydrogen (secondary N) is 1. The number of carbonyl (C=O) groups excluding carboxylic acids is 1. The minimum absolute atomic E-state index is 0.252. The van der Waals surface area contributed by atoms with Crippen molar-refractivity contribution >= 4 is 33.2 Å². The Kier molecular flexibility index (Phi) is 6.68. The monoisotopic (exact) mass is 346 g/mol. The summed E-state index contributed by atoms with van der Waals surface area (Å²) in [6.45, 7) is 6.13. The van der Waals surface area contributed by atoms with Crippen LogP contribution in [-0.2, 0) is 14.8 Å². The summed E-state index contributed by atoms with van der Waals surface area (Å²) in [6.07, 6.45) is 1.93. The first-order valence-electron chi connectivity index (χ1n) is 7.12. The molecule has 0 atom stereocenters. The number of nitrogens with zero attached hydrogens (tertiary/aromatic N) is 1. The number of benzene rings is 1. The molecular formula is C15H23ClN2O3S. The fraction of sp³-hybridized carbons (Fsp3) is 0.533. The molecule has 0 aromatic heterocycles. The molecule has 0 saturated carbocycles. The van der Waals surface area contributed by atoms with E-state index in [1.165, 1.54) is 0 Å². The lowest BCUT2D eigenvalue weighted by Gasteiger charge is -2.24. The van der Waals surface area contributed by atoms with Crippen molar-refractivity contribution in [1.82, 2.24) is 5.32 Å². The molecule has 0 radical (unpaired) electrons. The van der Waals surface area contributed by atoms with E-state index >= 15 is 0 Å². The van der Waals surface area contributed by atoms with Gasteiger partial charge in [-0.3, -0.25) is 9.10 Å². The minimum atomic E-state index is -3.58. The molecule has 1 aromatic rings. The van der Waals surface area contributed by atoms with Gasteiger partial charge in [0.05, 0.1) is 11.9 Å². The van der Waals surface area contributed by atoms with Crippen LogP contribution in [0, 0.1) is 12.8 Å². The van der Waals surface area contributed by atoms with Gasteiger partial charge in [0.25, 0.3) is 0 Å². The van der Waals surface area contributed by atoms with Crippen LogP contribution < -0.4 is 9.62 Å². The van der Waals surface area contributed by atoms with Gasteiger partial charge in [0.1, 0.15) is 6.54 Å². The average molecular weight is 347 g/mol. The van der Waals surface area contributed by atoms with Gasteiger partial charge in [-0.2, -0.15) is 0 Å². The van der Waals surface area contributed by atoms with Crippen LogP contribution in [0.25, 0.3) is 0 Å². The fourth-order valence-electron chi connectivity index (χ4n) is 1.93. The number of anilines is 1. The Morgan fingerprint density at radius 1 is 1.36 bits per heavy atom. The zero-order valence-corrected chi connectivity index (χ0v) is 15.0. The number of halogens is 1. The van der Waals surface area contributed by atoms with E-state index < -0.39 is 10.0 Å². The standard InChI is InChI=1S/C15H23ClN2O3S/c1-11(2)8-9-17-15(19)10-18(22(4,20)21)14-7-5-6-13(16)12(14)3/h5-7,11H,8-10H2,1-4H3,(H,17,19). The van der Waals surface area contributed by atoms with Crippen LogP contribution in [0.15, 0.2) is 18.2 Å². The van der Waals surface area contributed by atoms with Crippen molar-refractivity contribution < 1.29 is 13.2 Å². The van der Waals surface area contributed by atoms with Gasteiger partial charge >= 0.3 is 0 Å². The maximum absolute atomic E-state index is 12.0. The molecule has 5 nitrogen and oxygen atoms in total. The van der Waals surface area contributed by atoms with Crippen molar-refractivity contribution in [3.8, 4) is 0 Å². The second-order valence-corrected chi connectivity index (χ2v) is 8.00. The first kappa shape index (κ1) is 18.8. The number of carbonyl (C=O) groups is 1. The lowest BCUT2D eigenvalue weighted by molar-refractivity contribution is -0.119. The summed E-state index contributed by atoms with van der Waals surface area (Å²) in [6, 6.07) is 4.99. The third kappa shape index (κ3) is 5.50. The summed E-state index contributed by atoms with van der Waals surface area (Å²) in [4.78, 5) is 12.0. The normalized spacial score (nSPS) is 11.5.